The fourth-order valence-corrected chi connectivity index (χ4v) is 4.54. The van der Waals surface area contributed by atoms with Crippen molar-refractivity contribution in [2.24, 2.45) is 0 Å². The van der Waals surface area contributed by atoms with Crippen LogP contribution in [0.5, 0.6) is 0 Å². The number of nitrogens with one attached hydrogen (secondary N) is 1. The fraction of sp³-hybridized carbons (Fsp3) is 0.261. The first-order chi connectivity index (χ1) is 13.6. The highest BCUT2D eigenvalue weighted by Crippen LogP contribution is 2.28. The standard InChI is InChI=1S/C23H25NO2S2/c1-17(2)26-15-19-9-4-3-8-18(19)14-24-23(25)21-11-5-6-12-22(21)28-16-20-10-7-13-27-20/h3-13,17H,14-16H2,1-2H3,(H,24,25). The van der Waals surface area contributed by atoms with Crippen LogP contribution >= 0.6 is 23.1 Å². The van der Waals surface area contributed by atoms with Gasteiger partial charge in [-0.2, -0.15) is 0 Å². The molecule has 2 aromatic carbocycles. The summed E-state index contributed by atoms with van der Waals surface area (Å²) >= 11 is 3.44. The summed E-state index contributed by atoms with van der Waals surface area (Å²) in [6.07, 6.45) is 0.176. The van der Waals surface area contributed by atoms with E-state index in [-0.39, 0.29) is 12.0 Å². The van der Waals surface area contributed by atoms with Gasteiger partial charge in [-0.15, -0.1) is 23.1 Å². The van der Waals surface area contributed by atoms with Gasteiger partial charge in [-0.25, -0.2) is 0 Å². The lowest BCUT2D eigenvalue weighted by Crippen LogP contribution is -2.24. The van der Waals surface area contributed by atoms with Crippen molar-refractivity contribution >= 4 is 29.0 Å². The van der Waals surface area contributed by atoms with E-state index in [2.05, 4.69) is 28.9 Å². The molecule has 5 heteroatoms. The zero-order valence-corrected chi connectivity index (χ0v) is 17.8. The van der Waals surface area contributed by atoms with Gasteiger partial charge in [0.25, 0.3) is 5.91 Å². The van der Waals surface area contributed by atoms with Crippen LogP contribution in [0.4, 0.5) is 0 Å². The molecule has 1 amide bonds. The summed E-state index contributed by atoms with van der Waals surface area (Å²) in [7, 11) is 0. The van der Waals surface area contributed by atoms with E-state index < -0.39 is 0 Å². The van der Waals surface area contributed by atoms with Crippen LogP contribution in [0, 0.1) is 0 Å². The van der Waals surface area contributed by atoms with Gasteiger partial charge in [0.05, 0.1) is 18.3 Å². The van der Waals surface area contributed by atoms with Crippen molar-refractivity contribution in [3.8, 4) is 0 Å². The van der Waals surface area contributed by atoms with Crippen LogP contribution in [0.2, 0.25) is 0 Å². The smallest absolute Gasteiger partial charge is 0.252 e. The van der Waals surface area contributed by atoms with Crippen LogP contribution in [0.1, 0.15) is 40.2 Å². The average Bonchev–Trinajstić information content (AvgIpc) is 3.23. The van der Waals surface area contributed by atoms with Crippen molar-refractivity contribution < 1.29 is 9.53 Å². The monoisotopic (exact) mass is 411 g/mol. The topological polar surface area (TPSA) is 38.3 Å². The first-order valence-corrected chi connectivity index (χ1v) is 11.2. The van der Waals surface area contributed by atoms with Crippen molar-refractivity contribution in [1.29, 1.82) is 0 Å². The Labute approximate surface area is 175 Å². The molecule has 0 atom stereocenters. The molecule has 1 heterocycles. The number of ether oxygens (including phenoxy) is 1. The van der Waals surface area contributed by atoms with Crippen LogP contribution in [0.15, 0.2) is 70.9 Å². The van der Waals surface area contributed by atoms with Crippen LogP contribution in [-0.4, -0.2) is 12.0 Å². The number of thioether (sulfide) groups is 1. The fourth-order valence-electron chi connectivity index (χ4n) is 2.72. The van der Waals surface area contributed by atoms with Gasteiger partial charge < -0.3 is 10.1 Å². The summed E-state index contributed by atoms with van der Waals surface area (Å²) in [6, 6.07) is 20.0. The molecule has 146 valence electrons. The Kier molecular flexibility index (Phi) is 7.71. The maximum absolute atomic E-state index is 12.8. The third kappa shape index (κ3) is 5.96. The normalized spacial score (nSPS) is 11.0. The van der Waals surface area contributed by atoms with Crippen molar-refractivity contribution in [2.45, 2.75) is 43.8 Å². The number of hydrogen-bond acceptors (Lipinski definition) is 4. The molecule has 0 aliphatic rings. The van der Waals surface area contributed by atoms with Gasteiger partial charge in [0.1, 0.15) is 0 Å². The lowest BCUT2D eigenvalue weighted by molar-refractivity contribution is 0.0651. The predicted octanol–water partition coefficient (Wildman–Crippen LogP) is 5.90. The summed E-state index contributed by atoms with van der Waals surface area (Å²) in [5.74, 6) is 0.825. The van der Waals surface area contributed by atoms with E-state index >= 15 is 0 Å². The number of thiophene rings is 1. The molecule has 0 bridgehead atoms. The average molecular weight is 412 g/mol. The second kappa shape index (κ2) is 10.5. The predicted molar refractivity (Wildman–Crippen MR) is 118 cm³/mol. The Balaban J connectivity index is 1.64. The minimum Gasteiger partial charge on any atom is -0.374 e. The first kappa shape index (κ1) is 20.6. The SMILES string of the molecule is CC(C)OCc1ccccc1CNC(=O)c1ccccc1SCc1cccs1. The molecule has 0 aliphatic heterocycles. The summed E-state index contributed by atoms with van der Waals surface area (Å²) in [5.41, 5.74) is 2.91. The highest BCUT2D eigenvalue weighted by Gasteiger charge is 2.12. The molecule has 0 radical (unpaired) electrons. The molecule has 0 saturated heterocycles. The molecular weight excluding hydrogens is 386 g/mol. The Hall–Kier alpha value is -2.08. The molecular formula is C23H25NO2S2. The number of carbonyl (C=O) groups is 1. The number of carbonyl (C=O) groups excluding carboxylic acids is 1. The highest BCUT2D eigenvalue weighted by molar-refractivity contribution is 7.98. The molecule has 0 unspecified atom stereocenters. The zero-order chi connectivity index (χ0) is 19.8. The van der Waals surface area contributed by atoms with E-state index in [4.69, 9.17) is 4.74 Å². The molecule has 3 aromatic rings. The minimum atomic E-state index is -0.0474. The zero-order valence-electron chi connectivity index (χ0n) is 16.2. The van der Waals surface area contributed by atoms with Gasteiger partial charge in [-0.3, -0.25) is 4.79 Å². The Bertz CT molecular complexity index is 891. The number of amides is 1. The second-order valence-corrected chi connectivity index (χ2v) is 8.72. The molecule has 1 aromatic heterocycles. The van der Waals surface area contributed by atoms with Gasteiger partial charge in [0, 0.05) is 22.1 Å². The van der Waals surface area contributed by atoms with E-state index in [0.717, 1.165) is 27.3 Å². The third-order valence-corrected chi connectivity index (χ3v) is 6.39. The maximum atomic E-state index is 12.8. The largest absolute Gasteiger partial charge is 0.374 e. The van der Waals surface area contributed by atoms with Gasteiger partial charge in [-0.05, 0) is 48.6 Å². The molecule has 0 spiro atoms. The Morgan fingerprint density at radius 1 is 1.04 bits per heavy atom. The van der Waals surface area contributed by atoms with Crippen LogP contribution < -0.4 is 5.32 Å². The number of hydrogen-bond donors (Lipinski definition) is 1. The van der Waals surface area contributed by atoms with E-state index in [9.17, 15) is 4.79 Å². The van der Waals surface area contributed by atoms with Gasteiger partial charge in [-0.1, -0.05) is 42.5 Å². The van der Waals surface area contributed by atoms with Crippen molar-refractivity contribution in [1.82, 2.24) is 5.32 Å². The molecule has 0 fully saturated rings. The highest BCUT2D eigenvalue weighted by atomic mass is 32.2. The molecule has 3 rings (SSSR count). The van der Waals surface area contributed by atoms with Gasteiger partial charge in [0.2, 0.25) is 0 Å². The van der Waals surface area contributed by atoms with Crippen LogP contribution in [0.3, 0.4) is 0 Å². The molecule has 0 saturated carbocycles. The molecule has 28 heavy (non-hydrogen) atoms. The third-order valence-electron chi connectivity index (χ3n) is 4.21. The van der Waals surface area contributed by atoms with Crippen molar-refractivity contribution in [2.75, 3.05) is 0 Å². The Morgan fingerprint density at radius 3 is 2.54 bits per heavy atom. The summed E-state index contributed by atoms with van der Waals surface area (Å²) in [4.78, 5) is 15.1. The number of benzene rings is 2. The van der Waals surface area contributed by atoms with Crippen LogP contribution in [0.25, 0.3) is 0 Å². The van der Waals surface area contributed by atoms with Gasteiger partial charge in [0.15, 0.2) is 0 Å². The second-order valence-electron chi connectivity index (χ2n) is 6.68. The lowest BCUT2D eigenvalue weighted by Gasteiger charge is -2.14. The van der Waals surface area contributed by atoms with E-state index in [1.54, 1.807) is 23.1 Å². The first-order valence-electron chi connectivity index (χ1n) is 9.34. The summed E-state index contributed by atoms with van der Waals surface area (Å²) in [6.45, 7) is 5.09. The van der Waals surface area contributed by atoms with E-state index in [0.29, 0.717) is 13.2 Å². The summed E-state index contributed by atoms with van der Waals surface area (Å²) < 4.78 is 5.73. The maximum Gasteiger partial charge on any atom is 0.252 e. The van der Waals surface area contributed by atoms with E-state index in [1.807, 2.05) is 56.3 Å². The Morgan fingerprint density at radius 2 is 1.79 bits per heavy atom. The molecule has 0 aliphatic carbocycles. The van der Waals surface area contributed by atoms with E-state index in [1.165, 1.54) is 4.88 Å². The molecule has 1 N–H and O–H groups in total. The lowest BCUT2D eigenvalue weighted by atomic mass is 10.1. The van der Waals surface area contributed by atoms with Crippen molar-refractivity contribution in [3.63, 3.8) is 0 Å². The molecule has 3 nitrogen and oxygen atoms in total. The van der Waals surface area contributed by atoms with Crippen LogP contribution in [-0.2, 0) is 23.6 Å². The number of rotatable bonds is 9. The van der Waals surface area contributed by atoms with Crippen molar-refractivity contribution in [3.05, 3.63) is 87.6 Å². The van der Waals surface area contributed by atoms with Gasteiger partial charge >= 0.3 is 0 Å². The minimum absolute atomic E-state index is 0.0474. The summed E-state index contributed by atoms with van der Waals surface area (Å²) in [5, 5.41) is 5.15. The quantitative estimate of drug-likeness (QED) is 0.446.